The second-order valence-electron chi connectivity index (χ2n) is 14.1. The van der Waals surface area contributed by atoms with Crippen molar-refractivity contribution in [2.45, 2.75) is 23.6 Å². The van der Waals surface area contributed by atoms with Gasteiger partial charge in [-0.1, -0.05) is 36.4 Å². The summed E-state index contributed by atoms with van der Waals surface area (Å²) in [5.41, 5.74) is 2.94. The standard InChI is InChI=1S/2C22H21N7O5S.Co/c2*1-14-18(22(30)29(27-14)16-7-5-4-6-8-16)26-25-15-9-11-17(12-10-15)35(31,32)28-20-19(33-2)21(34-3)24-13-23-20;/h2*4-13,30H,1-3H3,(H,23,24,28);/q;;+2/p-2. The molecule has 27 heteroatoms. The van der Waals surface area contributed by atoms with Gasteiger partial charge in [-0.05, 0) is 86.6 Å². The summed E-state index contributed by atoms with van der Waals surface area (Å²) in [6.45, 7) is 3.32. The molecule has 2 N–H and O–H groups in total. The Morgan fingerprint density at radius 3 is 1.17 bits per heavy atom. The van der Waals surface area contributed by atoms with Crippen molar-refractivity contribution in [2.75, 3.05) is 37.9 Å². The Balaban J connectivity index is 0.000000229. The van der Waals surface area contributed by atoms with E-state index in [1.54, 1.807) is 62.4 Å². The van der Waals surface area contributed by atoms with Crippen LogP contribution in [0.4, 0.5) is 34.4 Å². The topological polar surface area (TPSA) is 312 Å². The molecule has 0 saturated heterocycles. The summed E-state index contributed by atoms with van der Waals surface area (Å²) in [7, 11) is -2.57. The van der Waals surface area contributed by atoms with Gasteiger partial charge in [-0.15, -0.1) is 10.2 Å². The molecule has 0 atom stereocenters. The van der Waals surface area contributed by atoms with Crippen molar-refractivity contribution in [3.63, 3.8) is 0 Å². The summed E-state index contributed by atoms with van der Waals surface area (Å²) in [6, 6.07) is 29.1. The average Bonchev–Trinajstić information content (AvgIpc) is 3.83. The number of azo groups is 2. The number of ether oxygens (including phenoxy) is 4. The number of nitrogens with one attached hydrogen (secondary N) is 2. The van der Waals surface area contributed by atoms with E-state index in [1.165, 1.54) is 86.3 Å². The van der Waals surface area contributed by atoms with E-state index in [2.05, 4.69) is 60.0 Å². The molecule has 71 heavy (non-hydrogen) atoms. The van der Waals surface area contributed by atoms with Gasteiger partial charge in [0.05, 0.1) is 72.4 Å². The molecule has 0 fully saturated rings. The molecule has 0 amide bonds. The molecule has 24 nitrogen and oxygen atoms in total. The maximum atomic E-state index is 12.8. The smallest absolute Gasteiger partial charge is 0.857 e. The van der Waals surface area contributed by atoms with Crippen LogP contribution in [0.1, 0.15) is 11.4 Å². The second kappa shape index (κ2) is 22.7. The van der Waals surface area contributed by atoms with E-state index in [0.717, 1.165) is 12.7 Å². The molecular weight excluding hydrogens is 1010 g/mol. The zero-order valence-corrected chi connectivity index (χ0v) is 40.8. The molecule has 0 saturated carbocycles. The van der Waals surface area contributed by atoms with Gasteiger partial charge in [0.2, 0.25) is 11.5 Å². The van der Waals surface area contributed by atoms with Crippen LogP contribution in [0, 0.1) is 13.8 Å². The quantitative estimate of drug-likeness (QED) is 0.0969. The fourth-order valence-corrected chi connectivity index (χ4v) is 8.23. The van der Waals surface area contributed by atoms with Crippen LogP contribution in [0.15, 0.2) is 152 Å². The molecule has 4 aromatic carbocycles. The molecule has 0 aliphatic heterocycles. The summed E-state index contributed by atoms with van der Waals surface area (Å²) in [4.78, 5) is 15.5. The number of hydrogen-bond acceptors (Lipinski definition) is 20. The Kier molecular flexibility index (Phi) is 16.6. The third kappa shape index (κ3) is 11.8. The van der Waals surface area contributed by atoms with E-state index < -0.39 is 31.8 Å². The minimum Gasteiger partial charge on any atom is -0.857 e. The molecule has 0 aliphatic carbocycles. The van der Waals surface area contributed by atoms with Crippen molar-refractivity contribution in [3.8, 4) is 46.4 Å². The van der Waals surface area contributed by atoms with Crippen molar-refractivity contribution in [3.05, 3.63) is 133 Å². The van der Waals surface area contributed by atoms with Gasteiger partial charge >= 0.3 is 16.8 Å². The predicted molar refractivity (Wildman–Crippen MR) is 249 cm³/mol. The third-order valence-electron chi connectivity index (χ3n) is 9.60. The van der Waals surface area contributed by atoms with Crippen LogP contribution in [0.25, 0.3) is 11.4 Å². The maximum Gasteiger partial charge on any atom is 2.00 e. The van der Waals surface area contributed by atoms with E-state index in [4.69, 9.17) is 18.9 Å². The van der Waals surface area contributed by atoms with E-state index in [-0.39, 0.29) is 72.8 Å². The number of rotatable bonds is 16. The first-order chi connectivity index (χ1) is 33.7. The number of hydrogen-bond donors (Lipinski definition) is 2. The first kappa shape index (κ1) is 51.8. The summed E-state index contributed by atoms with van der Waals surface area (Å²) < 4.78 is 78.9. The Labute approximate surface area is 416 Å². The van der Waals surface area contributed by atoms with Crippen molar-refractivity contribution < 1.29 is 62.8 Å². The maximum absolute atomic E-state index is 12.8. The molecule has 4 aromatic heterocycles. The first-order valence-corrected chi connectivity index (χ1v) is 23.2. The average molecular weight is 1050 g/mol. The summed E-state index contributed by atoms with van der Waals surface area (Å²) >= 11 is 0. The van der Waals surface area contributed by atoms with E-state index in [9.17, 15) is 27.0 Å². The molecule has 0 spiro atoms. The van der Waals surface area contributed by atoms with Crippen LogP contribution in [-0.2, 0) is 36.8 Å². The summed E-state index contributed by atoms with van der Waals surface area (Å²) in [6.07, 6.45) is 2.30. The van der Waals surface area contributed by atoms with Crippen molar-refractivity contribution in [2.24, 2.45) is 20.5 Å². The van der Waals surface area contributed by atoms with E-state index in [0.29, 0.717) is 34.1 Å². The van der Waals surface area contributed by atoms with Crippen LogP contribution in [0.3, 0.4) is 0 Å². The van der Waals surface area contributed by atoms with Crippen LogP contribution < -0.4 is 38.6 Å². The molecule has 367 valence electrons. The van der Waals surface area contributed by atoms with Gasteiger partial charge < -0.3 is 29.2 Å². The van der Waals surface area contributed by atoms with Crippen LogP contribution in [-0.4, -0.2) is 84.8 Å². The molecule has 0 aliphatic rings. The second-order valence-corrected chi connectivity index (χ2v) is 17.5. The Morgan fingerprint density at radius 2 is 0.845 bits per heavy atom. The molecule has 8 rings (SSSR count). The molecule has 0 bridgehead atoms. The number of methoxy groups -OCH3 is 4. The molecule has 8 aromatic rings. The van der Waals surface area contributed by atoms with E-state index >= 15 is 0 Å². The molecule has 4 heterocycles. The van der Waals surface area contributed by atoms with Crippen molar-refractivity contribution in [1.29, 1.82) is 0 Å². The third-order valence-corrected chi connectivity index (χ3v) is 12.3. The first-order valence-electron chi connectivity index (χ1n) is 20.3. The van der Waals surface area contributed by atoms with Gasteiger partial charge in [-0.25, -0.2) is 36.2 Å². The van der Waals surface area contributed by atoms with Crippen LogP contribution in [0.5, 0.6) is 35.0 Å². The zero-order valence-electron chi connectivity index (χ0n) is 38.1. The van der Waals surface area contributed by atoms with Crippen LogP contribution in [0.2, 0.25) is 0 Å². The number of aryl methyl sites for hydroxylation is 2. The van der Waals surface area contributed by atoms with Crippen LogP contribution >= 0.6 is 0 Å². The number of para-hydroxylation sites is 2. The Hall–Kier alpha value is -8.53. The molecule has 1 radical (unpaired) electrons. The number of anilines is 2. The zero-order chi connectivity index (χ0) is 50.0. The SMILES string of the molecule is COc1ncnc(NS(=O)(=O)c2ccc(N=Nc3c(C)nn(-c4ccccc4)c3[O-])cc2)c1OC.COc1ncnc(NS(=O)(=O)c2ccc(N=Nc3c(C)nn(-c4ccccc4)c3[O-])cc2)c1OC.[Co+2]. The minimum absolute atomic E-state index is 0. The van der Waals surface area contributed by atoms with Gasteiger partial charge in [-0.3, -0.25) is 9.44 Å². The normalized spacial score (nSPS) is 11.4. The van der Waals surface area contributed by atoms with E-state index in [1.807, 2.05) is 12.1 Å². The van der Waals surface area contributed by atoms with Gasteiger partial charge in [0, 0.05) is 11.8 Å². The van der Waals surface area contributed by atoms with Crippen molar-refractivity contribution >= 4 is 54.4 Å². The largest absolute Gasteiger partial charge is 2.00 e. The van der Waals surface area contributed by atoms with Gasteiger partial charge in [-0.2, -0.15) is 30.4 Å². The number of benzene rings is 4. The Morgan fingerprint density at radius 1 is 0.493 bits per heavy atom. The van der Waals surface area contributed by atoms with Crippen molar-refractivity contribution in [1.82, 2.24) is 39.5 Å². The van der Waals surface area contributed by atoms with Gasteiger partial charge in [0.15, 0.2) is 11.6 Å². The minimum atomic E-state index is -4.01. The van der Waals surface area contributed by atoms with Gasteiger partial charge in [0.25, 0.3) is 31.8 Å². The summed E-state index contributed by atoms with van der Waals surface area (Å²) in [5.74, 6) is -0.703. The number of nitrogens with zero attached hydrogens (tertiary/aromatic N) is 12. The fourth-order valence-electron chi connectivity index (χ4n) is 6.21. The Bertz CT molecular complexity index is 3170. The predicted octanol–water partition coefficient (Wildman–Crippen LogP) is 6.55. The fraction of sp³-hybridized carbons (Fsp3) is 0.136. The number of sulfonamides is 2. The molecular formula is C44H40CoN14O10S2. The van der Waals surface area contributed by atoms with Gasteiger partial charge in [0.1, 0.15) is 24.0 Å². The molecule has 0 unspecified atom stereocenters. The number of aromatic nitrogens is 8. The summed E-state index contributed by atoms with van der Waals surface area (Å²) in [5, 5.41) is 50.1. The monoisotopic (exact) mass is 1050 g/mol.